The molecule has 0 unspecified atom stereocenters. The van der Waals surface area contributed by atoms with E-state index in [1.54, 1.807) is 23.5 Å². The molecule has 72 valence electrons. The average molecular weight is 200 g/mol. The predicted molar refractivity (Wildman–Crippen MR) is 51.0 cm³/mol. The summed E-state index contributed by atoms with van der Waals surface area (Å²) in [5.74, 6) is 0.00551. The van der Waals surface area contributed by atoms with Crippen LogP contribution in [-0.2, 0) is 0 Å². The fourth-order valence-electron chi connectivity index (χ4n) is 0.924. The van der Waals surface area contributed by atoms with Crippen molar-refractivity contribution >= 4 is 17.1 Å². The SMILES string of the molecule is CN(CCO)CC(=O)c1nccs1. The van der Waals surface area contributed by atoms with Crippen LogP contribution in [0.2, 0.25) is 0 Å². The number of aliphatic hydroxyl groups is 1. The molecule has 0 amide bonds. The Morgan fingerprint density at radius 2 is 2.54 bits per heavy atom. The third kappa shape index (κ3) is 3.22. The molecular weight excluding hydrogens is 188 g/mol. The smallest absolute Gasteiger partial charge is 0.205 e. The first-order valence-electron chi connectivity index (χ1n) is 3.96. The maximum atomic E-state index is 11.4. The monoisotopic (exact) mass is 200 g/mol. The third-order valence-corrected chi connectivity index (χ3v) is 2.38. The molecule has 0 aromatic carbocycles. The topological polar surface area (TPSA) is 53.4 Å². The molecule has 0 fully saturated rings. The maximum absolute atomic E-state index is 11.4. The van der Waals surface area contributed by atoms with Gasteiger partial charge in [0.05, 0.1) is 13.2 Å². The van der Waals surface area contributed by atoms with Crippen LogP contribution in [0.25, 0.3) is 0 Å². The van der Waals surface area contributed by atoms with Gasteiger partial charge < -0.3 is 5.11 Å². The molecule has 13 heavy (non-hydrogen) atoms. The second-order valence-corrected chi connectivity index (χ2v) is 3.62. The molecule has 1 N–H and O–H groups in total. The quantitative estimate of drug-likeness (QED) is 0.692. The Morgan fingerprint density at radius 1 is 1.77 bits per heavy atom. The molecule has 0 radical (unpaired) electrons. The van der Waals surface area contributed by atoms with Gasteiger partial charge in [-0.1, -0.05) is 0 Å². The molecule has 0 saturated carbocycles. The summed E-state index contributed by atoms with van der Waals surface area (Å²) >= 11 is 1.34. The molecule has 1 aromatic rings. The number of carbonyl (C=O) groups is 1. The summed E-state index contributed by atoms with van der Waals surface area (Å²) in [5, 5.41) is 10.9. The minimum Gasteiger partial charge on any atom is -0.395 e. The van der Waals surface area contributed by atoms with E-state index in [0.29, 0.717) is 18.1 Å². The van der Waals surface area contributed by atoms with Crippen LogP contribution in [0.4, 0.5) is 0 Å². The number of Topliss-reactive ketones (excluding diaryl/α,β-unsaturated/α-hetero) is 1. The van der Waals surface area contributed by atoms with Gasteiger partial charge in [0.25, 0.3) is 0 Å². The lowest BCUT2D eigenvalue weighted by Gasteiger charge is -2.12. The Morgan fingerprint density at radius 3 is 3.08 bits per heavy atom. The predicted octanol–water partition coefficient (Wildman–Crippen LogP) is 0.250. The Hall–Kier alpha value is -0.780. The second-order valence-electron chi connectivity index (χ2n) is 2.72. The summed E-state index contributed by atoms with van der Waals surface area (Å²) in [4.78, 5) is 17.1. The fraction of sp³-hybridized carbons (Fsp3) is 0.500. The molecule has 0 bridgehead atoms. The zero-order chi connectivity index (χ0) is 9.68. The zero-order valence-electron chi connectivity index (χ0n) is 7.43. The number of hydrogen-bond donors (Lipinski definition) is 1. The van der Waals surface area contributed by atoms with E-state index in [2.05, 4.69) is 4.98 Å². The molecule has 0 saturated heterocycles. The van der Waals surface area contributed by atoms with Crippen molar-refractivity contribution in [1.82, 2.24) is 9.88 Å². The van der Waals surface area contributed by atoms with E-state index in [0.717, 1.165) is 0 Å². The standard InChI is InChI=1S/C8H12N2O2S/c1-10(3-4-11)6-7(12)8-9-2-5-13-8/h2,5,11H,3-4,6H2,1H3. The van der Waals surface area contributed by atoms with E-state index in [-0.39, 0.29) is 12.4 Å². The molecule has 0 aliphatic rings. The molecule has 1 aromatic heterocycles. The van der Waals surface area contributed by atoms with E-state index in [1.165, 1.54) is 11.3 Å². The highest BCUT2D eigenvalue weighted by Crippen LogP contribution is 2.05. The van der Waals surface area contributed by atoms with E-state index < -0.39 is 0 Å². The Balaban J connectivity index is 2.42. The first-order chi connectivity index (χ1) is 6.24. The molecule has 1 rings (SSSR count). The highest BCUT2D eigenvalue weighted by atomic mass is 32.1. The largest absolute Gasteiger partial charge is 0.395 e. The van der Waals surface area contributed by atoms with Gasteiger partial charge in [-0.2, -0.15) is 0 Å². The van der Waals surface area contributed by atoms with Crippen LogP contribution in [0.15, 0.2) is 11.6 Å². The maximum Gasteiger partial charge on any atom is 0.205 e. The lowest BCUT2D eigenvalue weighted by Crippen LogP contribution is -2.28. The number of thiazole rings is 1. The van der Waals surface area contributed by atoms with Gasteiger partial charge in [-0.25, -0.2) is 4.98 Å². The number of hydrogen-bond acceptors (Lipinski definition) is 5. The van der Waals surface area contributed by atoms with Gasteiger partial charge in [0.2, 0.25) is 5.78 Å². The van der Waals surface area contributed by atoms with Gasteiger partial charge >= 0.3 is 0 Å². The summed E-state index contributed by atoms with van der Waals surface area (Å²) in [5.41, 5.74) is 0. The van der Waals surface area contributed by atoms with Gasteiger partial charge in [-0.05, 0) is 7.05 Å². The summed E-state index contributed by atoms with van der Waals surface area (Å²) in [6.45, 7) is 0.896. The van der Waals surface area contributed by atoms with Crippen molar-refractivity contribution in [3.05, 3.63) is 16.6 Å². The van der Waals surface area contributed by atoms with Crippen LogP contribution in [0, 0.1) is 0 Å². The molecule has 0 atom stereocenters. The molecule has 4 nitrogen and oxygen atoms in total. The van der Waals surface area contributed by atoms with E-state index in [1.807, 2.05) is 0 Å². The molecule has 5 heteroatoms. The minimum absolute atomic E-state index is 0.00551. The van der Waals surface area contributed by atoms with Gasteiger partial charge in [0.15, 0.2) is 5.01 Å². The molecule has 0 aliphatic carbocycles. The van der Waals surface area contributed by atoms with Gasteiger partial charge in [-0.3, -0.25) is 9.69 Å². The Bertz CT molecular complexity index is 261. The second kappa shape index (κ2) is 5.06. The number of likely N-dealkylation sites (N-methyl/N-ethyl adjacent to an activating group) is 1. The number of aliphatic hydroxyl groups excluding tert-OH is 1. The van der Waals surface area contributed by atoms with Crippen molar-refractivity contribution in [2.75, 3.05) is 26.7 Å². The lowest BCUT2D eigenvalue weighted by atomic mass is 10.4. The van der Waals surface area contributed by atoms with Crippen molar-refractivity contribution in [2.24, 2.45) is 0 Å². The molecule has 1 heterocycles. The number of rotatable bonds is 5. The van der Waals surface area contributed by atoms with E-state index in [9.17, 15) is 4.79 Å². The fourth-order valence-corrected chi connectivity index (χ4v) is 1.49. The Kier molecular flexibility index (Phi) is 4.01. The van der Waals surface area contributed by atoms with Gasteiger partial charge in [-0.15, -0.1) is 11.3 Å². The van der Waals surface area contributed by atoms with Crippen LogP contribution < -0.4 is 0 Å². The van der Waals surface area contributed by atoms with E-state index >= 15 is 0 Å². The highest BCUT2D eigenvalue weighted by Gasteiger charge is 2.10. The first-order valence-corrected chi connectivity index (χ1v) is 4.84. The van der Waals surface area contributed by atoms with Crippen molar-refractivity contribution in [3.8, 4) is 0 Å². The van der Waals surface area contributed by atoms with E-state index in [4.69, 9.17) is 5.11 Å². The first kappa shape index (κ1) is 10.3. The van der Waals surface area contributed by atoms with Crippen LogP contribution in [0.5, 0.6) is 0 Å². The third-order valence-electron chi connectivity index (χ3n) is 1.57. The summed E-state index contributed by atoms with van der Waals surface area (Å²) < 4.78 is 0. The van der Waals surface area contributed by atoms with Crippen molar-refractivity contribution in [1.29, 1.82) is 0 Å². The Labute approximate surface area is 80.8 Å². The number of ketones is 1. The average Bonchev–Trinajstić information content (AvgIpc) is 2.55. The number of nitrogens with zero attached hydrogens (tertiary/aromatic N) is 2. The summed E-state index contributed by atoms with van der Waals surface area (Å²) in [6, 6.07) is 0. The zero-order valence-corrected chi connectivity index (χ0v) is 8.25. The normalized spacial score (nSPS) is 10.7. The van der Waals surface area contributed by atoms with Crippen LogP contribution >= 0.6 is 11.3 Å². The van der Waals surface area contributed by atoms with Crippen LogP contribution in [0.1, 0.15) is 9.80 Å². The lowest BCUT2D eigenvalue weighted by molar-refractivity contribution is 0.0935. The van der Waals surface area contributed by atoms with Crippen molar-refractivity contribution < 1.29 is 9.90 Å². The number of carbonyl (C=O) groups excluding carboxylic acids is 1. The van der Waals surface area contributed by atoms with Gasteiger partial charge in [0.1, 0.15) is 0 Å². The summed E-state index contributed by atoms with van der Waals surface area (Å²) in [7, 11) is 1.79. The molecule has 0 spiro atoms. The van der Waals surface area contributed by atoms with Crippen LogP contribution in [-0.4, -0.2) is 47.5 Å². The van der Waals surface area contributed by atoms with Gasteiger partial charge in [0, 0.05) is 18.1 Å². The van der Waals surface area contributed by atoms with Crippen LogP contribution in [0.3, 0.4) is 0 Å². The highest BCUT2D eigenvalue weighted by molar-refractivity contribution is 7.11. The number of aromatic nitrogens is 1. The minimum atomic E-state index is 0.00551. The van der Waals surface area contributed by atoms with Crippen molar-refractivity contribution in [3.63, 3.8) is 0 Å². The molecule has 0 aliphatic heterocycles. The summed E-state index contributed by atoms with van der Waals surface area (Å²) in [6.07, 6.45) is 1.62. The molecular formula is C8H12N2O2S. The van der Waals surface area contributed by atoms with Crippen molar-refractivity contribution in [2.45, 2.75) is 0 Å².